The Bertz CT molecular complexity index is 519. The van der Waals surface area contributed by atoms with Crippen molar-refractivity contribution in [1.82, 2.24) is 0 Å². The van der Waals surface area contributed by atoms with Gasteiger partial charge in [-0.1, -0.05) is 37.1 Å². The third kappa shape index (κ3) is 4.30. The second-order valence-electron chi connectivity index (χ2n) is 5.69. The van der Waals surface area contributed by atoms with Crippen LogP contribution in [-0.4, -0.2) is 25.0 Å². The number of sulfone groups is 1. The number of nitrogens with two attached hydrogens (primary N) is 1. The smallest absolute Gasteiger partial charge is 0.153 e. The lowest BCUT2D eigenvalue weighted by Crippen LogP contribution is -2.21. The quantitative estimate of drug-likeness (QED) is 0.839. The Morgan fingerprint density at radius 1 is 1.20 bits per heavy atom. The van der Waals surface area contributed by atoms with Crippen LogP contribution in [0.15, 0.2) is 24.3 Å². The second kappa shape index (κ2) is 6.70. The Kier molecular flexibility index (Phi) is 5.18. The molecule has 1 unspecified atom stereocenters. The van der Waals surface area contributed by atoms with E-state index in [9.17, 15) is 13.5 Å². The minimum atomic E-state index is -3.20. The molecular formula is C15H23NO3S. The van der Waals surface area contributed by atoms with E-state index < -0.39 is 15.9 Å². The molecule has 0 bridgehead atoms. The minimum absolute atomic E-state index is 0.189. The van der Waals surface area contributed by atoms with E-state index in [0.29, 0.717) is 12.1 Å². The van der Waals surface area contributed by atoms with Gasteiger partial charge in [-0.2, -0.15) is 0 Å². The first-order valence-corrected chi connectivity index (χ1v) is 9.00. The molecular weight excluding hydrogens is 274 g/mol. The molecule has 0 amide bonds. The Balaban J connectivity index is 1.96. The van der Waals surface area contributed by atoms with Crippen molar-refractivity contribution in [1.29, 1.82) is 0 Å². The summed E-state index contributed by atoms with van der Waals surface area (Å²) in [5.41, 5.74) is 7.11. The van der Waals surface area contributed by atoms with E-state index in [1.54, 1.807) is 12.1 Å². The maximum Gasteiger partial charge on any atom is 0.153 e. The molecule has 1 aliphatic rings. The predicted octanol–water partition coefficient (Wildman–Crippen LogP) is 1.78. The Labute approximate surface area is 120 Å². The molecule has 20 heavy (non-hydrogen) atoms. The van der Waals surface area contributed by atoms with E-state index in [0.717, 1.165) is 31.2 Å². The van der Waals surface area contributed by atoms with Crippen molar-refractivity contribution in [3.63, 3.8) is 0 Å². The van der Waals surface area contributed by atoms with Gasteiger partial charge in [0.25, 0.3) is 0 Å². The van der Waals surface area contributed by atoms with Crippen molar-refractivity contribution in [2.75, 3.05) is 11.5 Å². The maximum atomic E-state index is 12.1. The summed E-state index contributed by atoms with van der Waals surface area (Å²) in [6, 6.07) is 7.14. The summed E-state index contributed by atoms with van der Waals surface area (Å²) in [5.74, 6) is 0.308. The van der Waals surface area contributed by atoms with Crippen molar-refractivity contribution in [3.05, 3.63) is 35.4 Å². The highest BCUT2D eigenvalue weighted by atomic mass is 32.2. The number of aliphatic hydroxyl groups excluding tert-OH is 1. The Morgan fingerprint density at radius 2 is 1.80 bits per heavy atom. The zero-order valence-corrected chi connectivity index (χ0v) is 12.5. The van der Waals surface area contributed by atoms with Gasteiger partial charge in [0.15, 0.2) is 9.84 Å². The summed E-state index contributed by atoms with van der Waals surface area (Å²) >= 11 is 0. The van der Waals surface area contributed by atoms with Crippen LogP contribution in [0.4, 0.5) is 0 Å². The number of hydrogen-bond donors (Lipinski definition) is 2. The molecule has 1 saturated carbocycles. The fourth-order valence-corrected chi connectivity index (χ4v) is 4.68. The van der Waals surface area contributed by atoms with Gasteiger partial charge in [0.2, 0.25) is 0 Å². The number of aliphatic hydroxyl groups is 1. The average Bonchev–Trinajstić information content (AvgIpc) is 2.90. The molecule has 1 fully saturated rings. The van der Waals surface area contributed by atoms with Gasteiger partial charge in [0.05, 0.1) is 17.6 Å². The molecule has 1 aromatic carbocycles. The van der Waals surface area contributed by atoms with Crippen LogP contribution in [0.5, 0.6) is 0 Å². The zero-order chi connectivity index (χ0) is 14.6. The van der Waals surface area contributed by atoms with E-state index in [-0.39, 0.29) is 17.4 Å². The van der Waals surface area contributed by atoms with Crippen LogP contribution in [-0.2, 0) is 16.4 Å². The summed E-state index contributed by atoms with van der Waals surface area (Å²) in [4.78, 5) is 0. The monoisotopic (exact) mass is 297 g/mol. The molecule has 1 atom stereocenters. The van der Waals surface area contributed by atoms with E-state index in [2.05, 4.69) is 0 Å². The largest absolute Gasteiger partial charge is 0.387 e. The van der Waals surface area contributed by atoms with Crippen LogP contribution in [0.25, 0.3) is 0 Å². The molecule has 0 heterocycles. The van der Waals surface area contributed by atoms with Gasteiger partial charge in [-0.25, -0.2) is 8.42 Å². The topological polar surface area (TPSA) is 80.4 Å². The molecule has 4 nitrogen and oxygen atoms in total. The fourth-order valence-electron chi connectivity index (χ4n) is 2.82. The van der Waals surface area contributed by atoms with Crippen LogP contribution in [0.2, 0.25) is 0 Å². The zero-order valence-electron chi connectivity index (χ0n) is 11.7. The second-order valence-corrected chi connectivity index (χ2v) is 7.84. The minimum Gasteiger partial charge on any atom is -0.387 e. The standard InChI is InChI=1S/C15H23NO3S/c16-9-12-5-7-14(8-6-12)15(17)11-20(18,19)10-13-3-1-2-4-13/h5-8,13,15,17H,1-4,9-11,16H2. The van der Waals surface area contributed by atoms with Crippen molar-refractivity contribution < 1.29 is 13.5 Å². The van der Waals surface area contributed by atoms with Crippen molar-refractivity contribution >= 4 is 9.84 Å². The van der Waals surface area contributed by atoms with E-state index >= 15 is 0 Å². The summed E-state index contributed by atoms with van der Waals surface area (Å²) in [6.45, 7) is 0.441. The molecule has 0 spiro atoms. The van der Waals surface area contributed by atoms with Gasteiger partial charge in [0, 0.05) is 6.54 Å². The lowest BCUT2D eigenvalue weighted by atomic mass is 10.1. The molecule has 5 heteroatoms. The number of hydrogen-bond acceptors (Lipinski definition) is 4. The number of rotatable bonds is 6. The van der Waals surface area contributed by atoms with Crippen molar-refractivity contribution in [2.24, 2.45) is 11.7 Å². The molecule has 2 rings (SSSR count). The van der Waals surface area contributed by atoms with E-state index in [1.807, 2.05) is 12.1 Å². The Morgan fingerprint density at radius 3 is 2.35 bits per heavy atom. The average molecular weight is 297 g/mol. The SMILES string of the molecule is NCc1ccc(C(O)CS(=O)(=O)CC2CCCC2)cc1. The molecule has 3 N–H and O–H groups in total. The van der Waals surface area contributed by atoms with Crippen LogP contribution in [0.3, 0.4) is 0 Å². The highest BCUT2D eigenvalue weighted by molar-refractivity contribution is 7.91. The van der Waals surface area contributed by atoms with Gasteiger partial charge >= 0.3 is 0 Å². The lowest BCUT2D eigenvalue weighted by Gasteiger charge is -2.14. The predicted molar refractivity (Wildman–Crippen MR) is 79.9 cm³/mol. The van der Waals surface area contributed by atoms with E-state index in [4.69, 9.17) is 5.73 Å². The van der Waals surface area contributed by atoms with Crippen molar-refractivity contribution in [3.8, 4) is 0 Å². The third-order valence-electron chi connectivity index (χ3n) is 3.98. The first-order chi connectivity index (χ1) is 9.50. The molecule has 0 aliphatic heterocycles. The summed E-state index contributed by atoms with van der Waals surface area (Å²) in [7, 11) is -3.20. The lowest BCUT2D eigenvalue weighted by molar-refractivity contribution is 0.201. The van der Waals surface area contributed by atoms with Gasteiger partial charge in [-0.05, 0) is 29.9 Å². The normalized spacial score (nSPS) is 18.3. The Hall–Kier alpha value is -0.910. The van der Waals surface area contributed by atoms with Crippen LogP contribution in [0, 0.1) is 5.92 Å². The van der Waals surface area contributed by atoms with Gasteiger partial charge in [0.1, 0.15) is 0 Å². The number of benzene rings is 1. The molecule has 1 aliphatic carbocycles. The molecule has 0 aromatic heterocycles. The van der Waals surface area contributed by atoms with Crippen LogP contribution < -0.4 is 5.73 Å². The van der Waals surface area contributed by atoms with Gasteiger partial charge in [-0.3, -0.25) is 0 Å². The third-order valence-corrected chi connectivity index (χ3v) is 5.78. The molecule has 0 radical (unpaired) electrons. The van der Waals surface area contributed by atoms with Crippen LogP contribution in [0.1, 0.15) is 42.9 Å². The van der Waals surface area contributed by atoms with Crippen LogP contribution >= 0.6 is 0 Å². The maximum absolute atomic E-state index is 12.1. The van der Waals surface area contributed by atoms with Gasteiger partial charge in [-0.15, -0.1) is 0 Å². The molecule has 112 valence electrons. The summed E-state index contributed by atoms with van der Waals surface area (Å²) < 4.78 is 24.2. The summed E-state index contributed by atoms with van der Waals surface area (Å²) in [5, 5.41) is 10.1. The molecule has 0 saturated heterocycles. The highest BCUT2D eigenvalue weighted by Gasteiger charge is 2.25. The first-order valence-electron chi connectivity index (χ1n) is 7.17. The highest BCUT2D eigenvalue weighted by Crippen LogP contribution is 2.27. The molecule has 1 aromatic rings. The van der Waals surface area contributed by atoms with E-state index in [1.165, 1.54) is 0 Å². The van der Waals surface area contributed by atoms with Gasteiger partial charge < -0.3 is 10.8 Å². The first kappa shape index (κ1) is 15.5. The van der Waals surface area contributed by atoms with Crippen molar-refractivity contribution in [2.45, 2.75) is 38.3 Å². The summed E-state index contributed by atoms with van der Waals surface area (Å²) in [6.07, 6.45) is 3.31. The fraction of sp³-hybridized carbons (Fsp3) is 0.600.